The van der Waals surface area contributed by atoms with Crippen LogP contribution in [-0.2, 0) is 0 Å². The molecule has 1 aliphatic heterocycles. The maximum absolute atomic E-state index is 6.17. The fourth-order valence-electron chi connectivity index (χ4n) is 3.81. The third-order valence-electron chi connectivity index (χ3n) is 5.00. The van der Waals surface area contributed by atoms with E-state index in [1.165, 1.54) is 64.5 Å². The number of rotatable bonds is 2. The zero-order chi connectivity index (χ0) is 11.4. The molecule has 1 heterocycles. The Kier molecular flexibility index (Phi) is 4.26. The lowest BCUT2D eigenvalue weighted by molar-refractivity contribution is 0.0156. The highest BCUT2D eigenvalue weighted by Crippen LogP contribution is 2.38. The minimum Gasteiger partial charge on any atom is -0.329 e. The van der Waals surface area contributed by atoms with Crippen molar-refractivity contribution in [2.45, 2.75) is 63.8 Å². The first kappa shape index (κ1) is 12.4. The van der Waals surface area contributed by atoms with Gasteiger partial charge in [-0.25, -0.2) is 0 Å². The highest BCUT2D eigenvalue weighted by Gasteiger charge is 2.41. The van der Waals surface area contributed by atoms with E-state index in [0.717, 1.165) is 12.5 Å². The molecule has 2 unspecified atom stereocenters. The van der Waals surface area contributed by atoms with Crippen LogP contribution in [0.15, 0.2) is 0 Å². The largest absolute Gasteiger partial charge is 0.329 e. The minimum absolute atomic E-state index is 0.350. The molecular weight excluding hydrogens is 196 g/mol. The number of likely N-dealkylation sites (tertiary alicyclic amines) is 1. The predicted octanol–water partition coefficient (Wildman–Crippen LogP) is 2.77. The van der Waals surface area contributed by atoms with Crippen LogP contribution in [0, 0.1) is 5.92 Å². The summed E-state index contributed by atoms with van der Waals surface area (Å²) in [6.07, 6.45) is 11.1. The molecule has 16 heavy (non-hydrogen) atoms. The number of hydrogen-bond acceptors (Lipinski definition) is 2. The van der Waals surface area contributed by atoms with Crippen molar-refractivity contribution in [1.82, 2.24) is 4.90 Å². The van der Waals surface area contributed by atoms with Gasteiger partial charge in [0.25, 0.3) is 0 Å². The second-order valence-electron chi connectivity index (χ2n) is 5.86. The molecule has 2 aliphatic rings. The molecule has 2 atom stereocenters. The second kappa shape index (κ2) is 5.50. The van der Waals surface area contributed by atoms with E-state index in [-0.39, 0.29) is 0 Å². The average Bonchev–Trinajstić information content (AvgIpc) is 2.59. The molecule has 1 saturated heterocycles. The van der Waals surface area contributed by atoms with Crippen LogP contribution in [-0.4, -0.2) is 30.1 Å². The summed E-state index contributed by atoms with van der Waals surface area (Å²) in [6.45, 7) is 5.88. The van der Waals surface area contributed by atoms with E-state index in [1.807, 2.05) is 0 Å². The van der Waals surface area contributed by atoms with Gasteiger partial charge in [0.1, 0.15) is 0 Å². The molecule has 2 nitrogen and oxygen atoms in total. The summed E-state index contributed by atoms with van der Waals surface area (Å²) in [6, 6.07) is 0. The van der Waals surface area contributed by atoms with Gasteiger partial charge in [-0.1, -0.05) is 32.6 Å². The Balaban J connectivity index is 2.10. The van der Waals surface area contributed by atoms with Crippen molar-refractivity contribution in [3.63, 3.8) is 0 Å². The third kappa shape index (κ3) is 2.28. The van der Waals surface area contributed by atoms with Crippen LogP contribution >= 0.6 is 0 Å². The van der Waals surface area contributed by atoms with Crippen LogP contribution in [0.5, 0.6) is 0 Å². The molecule has 0 amide bonds. The van der Waals surface area contributed by atoms with Crippen LogP contribution in [0.25, 0.3) is 0 Å². The molecule has 2 N–H and O–H groups in total. The molecule has 0 aromatic heterocycles. The van der Waals surface area contributed by atoms with E-state index in [4.69, 9.17) is 5.73 Å². The smallest absolute Gasteiger partial charge is 0.0357 e. The van der Waals surface area contributed by atoms with Gasteiger partial charge >= 0.3 is 0 Å². The molecule has 0 bridgehead atoms. The van der Waals surface area contributed by atoms with E-state index in [2.05, 4.69) is 11.8 Å². The SMILES string of the molecule is CC1CCCCC1(CN)N1CCCCCC1. The average molecular weight is 224 g/mol. The molecule has 0 radical (unpaired) electrons. The molecule has 0 aromatic carbocycles. The summed E-state index contributed by atoms with van der Waals surface area (Å²) in [5.41, 5.74) is 6.52. The summed E-state index contributed by atoms with van der Waals surface area (Å²) in [7, 11) is 0. The topological polar surface area (TPSA) is 29.3 Å². The predicted molar refractivity (Wildman–Crippen MR) is 69.5 cm³/mol. The highest BCUT2D eigenvalue weighted by molar-refractivity contribution is 4.98. The highest BCUT2D eigenvalue weighted by atomic mass is 15.2. The monoisotopic (exact) mass is 224 g/mol. The van der Waals surface area contributed by atoms with Crippen LogP contribution in [0.3, 0.4) is 0 Å². The minimum atomic E-state index is 0.350. The van der Waals surface area contributed by atoms with Crippen molar-refractivity contribution in [1.29, 1.82) is 0 Å². The van der Waals surface area contributed by atoms with Gasteiger partial charge in [0.15, 0.2) is 0 Å². The summed E-state index contributed by atoms with van der Waals surface area (Å²) >= 11 is 0. The summed E-state index contributed by atoms with van der Waals surface area (Å²) in [4.78, 5) is 2.75. The number of hydrogen-bond donors (Lipinski definition) is 1. The Morgan fingerprint density at radius 3 is 2.31 bits per heavy atom. The fraction of sp³-hybridized carbons (Fsp3) is 1.00. The maximum Gasteiger partial charge on any atom is 0.0357 e. The summed E-state index contributed by atoms with van der Waals surface area (Å²) < 4.78 is 0. The lowest BCUT2D eigenvalue weighted by Crippen LogP contribution is -2.59. The fourth-order valence-corrected chi connectivity index (χ4v) is 3.81. The van der Waals surface area contributed by atoms with Crippen molar-refractivity contribution < 1.29 is 0 Å². The van der Waals surface area contributed by atoms with Gasteiger partial charge in [0.05, 0.1) is 0 Å². The first-order valence-electron chi connectivity index (χ1n) is 7.25. The van der Waals surface area contributed by atoms with Crippen LogP contribution < -0.4 is 5.73 Å². The van der Waals surface area contributed by atoms with Crippen molar-refractivity contribution in [2.24, 2.45) is 11.7 Å². The lowest BCUT2D eigenvalue weighted by atomic mass is 9.72. The Morgan fingerprint density at radius 2 is 1.75 bits per heavy atom. The summed E-state index contributed by atoms with van der Waals surface area (Å²) in [5.74, 6) is 0.796. The molecule has 2 rings (SSSR count). The first-order chi connectivity index (χ1) is 7.79. The maximum atomic E-state index is 6.17. The molecule has 94 valence electrons. The zero-order valence-corrected chi connectivity index (χ0v) is 10.9. The molecule has 1 aliphatic carbocycles. The Hall–Kier alpha value is -0.0800. The van der Waals surface area contributed by atoms with Gasteiger partial charge in [-0.3, -0.25) is 4.90 Å². The molecule has 0 aromatic rings. The molecule has 2 heteroatoms. The lowest BCUT2D eigenvalue weighted by Gasteiger charge is -2.50. The van der Waals surface area contributed by atoms with E-state index in [0.29, 0.717) is 5.54 Å². The van der Waals surface area contributed by atoms with Crippen LogP contribution in [0.4, 0.5) is 0 Å². The molecule has 2 fully saturated rings. The van der Waals surface area contributed by atoms with Crippen molar-refractivity contribution >= 4 is 0 Å². The second-order valence-corrected chi connectivity index (χ2v) is 5.86. The van der Waals surface area contributed by atoms with Gasteiger partial charge in [-0.15, -0.1) is 0 Å². The summed E-state index contributed by atoms with van der Waals surface area (Å²) in [5, 5.41) is 0. The molecular formula is C14H28N2. The van der Waals surface area contributed by atoms with Crippen molar-refractivity contribution in [3.05, 3.63) is 0 Å². The Labute approximate surface area is 101 Å². The Bertz CT molecular complexity index is 209. The third-order valence-corrected chi connectivity index (χ3v) is 5.00. The van der Waals surface area contributed by atoms with Crippen molar-refractivity contribution in [3.8, 4) is 0 Å². The van der Waals surface area contributed by atoms with E-state index >= 15 is 0 Å². The van der Waals surface area contributed by atoms with E-state index in [9.17, 15) is 0 Å². The Morgan fingerprint density at radius 1 is 1.06 bits per heavy atom. The van der Waals surface area contributed by atoms with Gasteiger partial charge in [-0.2, -0.15) is 0 Å². The van der Waals surface area contributed by atoms with Crippen LogP contribution in [0.2, 0.25) is 0 Å². The normalized spacial score (nSPS) is 38.2. The van der Waals surface area contributed by atoms with Crippen molar-refractivity contribution in [2.75, 3.05) is 19.6 Å². The standard InChI is InChI=1S/C14H28N2/c1-13-8-4-5-9-14(13,12-15)16-10-6-2-3-7-11-16/h13H,2-12,15H2,1H3. The van der Waals surface area contributed by atoms with E-state index < -0.39 is 0 Å². The van der Waals surface area contributed by atoms with Gasteiger partial charge in [-0.05, 0) is 44.7 Å². The number of nitrogens with zero attached hydrogens (tertiary/aromatic N) is 1. The first-order valence-corrected chi connectivity index (χ1v) is 7.25. The number of nitrogens with two attached hydrogens (primary N) is 1. The molecule has 1 saturated carbocycles. The van der Waals surface area contributed by atoms with Gasteiger partial charge in [0, 0.05) is 12.1 Å². The van der Waals surface area contributed by atoms with E-state index in [1.54, 1.807) is 0 Å². The van der Waals surface area contributed by atoms with Crippen LogP contribution in [0.1, 0.15) is 58.3 Å². The van der Waals surface area contributed by atoms with Gasteiger partial charge < -0.3 is 5.73 Å². The zero-order valence-electron chi connectivity index (χ0n) is 10.9. The quantitative estimate of drug-likeness (QED) is 0.781. The van der Waals surface area contributed by atoms with Gasteiger partial charge in [0.2, 0.25) is 0 Å². The molecule has 0 spiro atoms.